The lowest BCUT2D eigenvalue weighted by Crippen LogP contribution is -2.50. The summed E-state index contributed by atoms with van der Waals surface area (Å²) in [7, 11) is 0. The number of aromatic nitrogens is 1. The first-order valence-electron chi connectivity index (χ1n) is 9.51. The molecule has 1 amide bonds. The smallest absolute Gasteiger partial charge is 0.413 e. The average Bonchev–Trinajstić information content (AvgIpc) is 3.51. The van der Waals surface area contributed by atoms with Gasteiger partial charge < -0.3 is 10.5 Å². The number of rotatable bonds is 3. The third-order valence-corrected chi connectivity index (χ3v) is 5.26. The number of nitrogens with one attached hydrogen (secondary N) is 1. The first kappa shape index (κ1) is 20.5. The second kappa shape index (κ2) is 7.21. The van der Waals surface area contributed by atoms with Gasteiger partial charge >= 0.3 is 6.09 Å². The number of cyclic esters (lactones) is 1. The van der Waals surface area contributed by atoms with Crippen LogP contribution in [0.3, 0.4) is 0 Å². The molecule has 3 N–H and O–H groups in total. The number of nitriles is 1. The van der Waals surface area contributed by atoms with Crippen molar-refractivity contribution in [2.24, 2.45) is 5.92 Å². The highest BCUT2D eigenvalue weighted by atomic mass is 19.3. The molecule has 6 nitrogen and oxygen atoms in total. The molecule has 2 heterocycles. The largest absolute Gasteiger partial charge is 0.418 e. The van der Waals surface area contributed by atoms with Gasteiger partial charge in [-0.3, -0.25) is 5.32 Å². The van der Waals surface area contributed by atoms with Gasteiger partial charge in [0.25, 0.3) is 11.5 Å². The van der Waals surface area contributed by atoms with Crippen molar-refractivity contribution in [2.45, 2.75) is 37.7 Å². The number of anilines is 2. The van der Waals surface area contributed by atoms with E-state index in [2.05, 4.69) is 22.1 Å². The second-order valence-corrected chi connectivity index (χ2v) is 7.64. The SMILES string of the molecule is CC(F)(F)[C@@]1(C#CC2CC2)OC(=O)Nc2cc(Cc3ccnc(N)c3C#N)c(F)cc21. The average molecular weight is 426 g/mol. The number of alkyl halides is 2. The summed E-state index contributed by atoms with van der Waals surface area (Å²) in [4.78, 5) is 16.0. The Bertz CT molecular complexity index is 1190. The molecule has 0 saturated heterocycles. The van der Waals surface area contributed by atoms with Crippen LogP contribution in [0.15, 0.2) is 24.4 Å². The van der Waals surface area contributed by atoms with Gasteiger partial charge in [0.05, 0.1) is 11.3 Å². The molecule has 1 aliphatic heterocycles. The molecule has 1 aromatic carbocycles. The molecule has 158 valence electrons. The van der Waals surface area contributed by atoms with Crippen LogP contribution >= 0.6 is 0 Å². The van der Waals surface area contributed by atoms with Gasteiger partial charge in [-0.25, -0.2) is 22.9 Å². The van der Waals surface area contributed by atoms with E-state index in [1.54, 1.807) is 0 Å². The molecule has 0 unspecified atom stereocenters. The van der Waals surface area contributed by atoms with Crippen LogP contribution in [0.5, 0.6) is 0 Å². The maximum atomic E-state index is 15.0. The Balaban J connectivity index is 1.83. The Kier molecular flexibility index (Phi) is 4.78. The highest BCUT2D eigenvalue weighted by Crippen LogP contribution is 2.47. The summed E-state index contributed by atoms with van der Waals surface area (Å²) in [5, 5.41) is 11.7. The second-order valence-electron chi connectivity index (χ2n) is 7.64. The number of amides is 1. The number of carbonyl (C=O) groups is 1. The highest BCUT2D eigenvalue weighted by molar-refractivity contribution is 5.90. The van der Waals surface area contributed by atoms with Crippen molar-refractivity contribution < 1.29 is 22.7 Å². The van der Waals surface area contributed by atoms with Crippen molar-refractivity contribution in [3.05, 3.63) is 52.5 Å². The Morgan fingerprint density at radius 3 is 2.77 bits per heavy atom. The number of nitrogen functional groups attached to an aromatic ring is 1. The van der Waals surface area contributed by atoms with E-state index in [9.17, 15) is 18.8 Å². The predicted octanol–water partition coefficient (Wildman–Crippen LogP) is 4.09. The number of fused-ring (bicyclic) bond motifs is 1. The van der Waals surface area contributed by atoms with Crippen LogP contribution in [-0.2, 0) is 16.8 Å². The molecule has 9 heteroatoms. The summed E-state index contributed by atoms with van der Waals surface area (Å²) in [6.07, 6.45) is 1.77. The van der Waals surface area contributed by atoms with Crippen LogP contribution in [-0.4, -0.2) is 17.0 Å². The van der Waals surface area contributed by atoms with Crippen molar-refractivity contribution in [2.75, 3.05) is 11.1 Å². The third kappa shape index (κ3) is 3.64. The van der Waals surface area contributed by atoms with Crippen molar-refractivity contribution >= 4 is 17.6 Å². The summed E-state index contributed by atoms with van der Waals surface area (Å²) in [6.45, 7) is 0.585. The van der Waals surface area contributed by atoms with Crippen molar-refractivity contribution in [3.63, 3.8) is 0 Å². The lowest BCUT2D eigenvalue weighted by Gasteiger charge is -2.38. The number of halogens is 3. The molecule has 1 aliphatic carbocycles. The predicted molar refractivity (Wildman–Crippen MR) is 105 cm³/mol. The van der Waals surface area contributed by atoms with Crippen LogP contribution in [0, 0.1) is 34.9 Å². The fourth-order valence-corrected chi connectivity index (χ4v) is 3.44. The Morgan fingerprint density at radius 1 is 1.39 bits per heavy atom. The normalized spacial score (nSPS) is 19.9. The molecule has 0 bridgehead atoms. The maximum Gasteiger partial charge on any atom is 0.413 e. The van der Waals surface area contributed by atoms with Crippen LogP contribution < -0.4 is 11.1 Å². The highest BCUT2D eigenvalue weighted by Gasteiger charge is 2.58. The van der Waals surface area contributed by atoms with Gasteiger partial charge in [-0.15, -0.1) is 0 Å². The molecule has 0 radical (unpaired) electrons. The molecule has 0 spiro atoms. The molecule has 2 aromatic rings. The molecule has 1 saturated carbocycles. The first-order valence-corrected chi connectivity index (χ1v) is 9.51. The van der Waals surface area contributed by atoms with Gasteiger partial charge in [-0.05, 0) is 48.1 Å². The van der Waals surface area contributed by atoms with Crippen LogP contribution in [0.1, 0.15) is 42.0 Å². The Hall–Kier alpha value is -3.72. The topological polar surface area (TPSA) is 101 Å². The van der Waals surface area contributed by atoms with E-state index in [1.807, 2.05) is 6.07 Å². The van der Waals surface area contributed by atoms with Crippen molar-refractivity contribution in [1.29, 1.82) is 5.26 Å². The van der Waals surface area contributed by atoms with Gasteiger partial charge in [0.1, 0.15) is 17.7 Å². The summed E-state index contributed by atoms with van der Waals surface area (Å²) < 4.78 is 49.5. The first-order chi connectivity index (χ1) is 14.6. The van der Waals surface area contributed by atoms with E-state index in [0.29, 0.717) is 12.5 Å². The molecule has 31 heavy (non-hydrogen) atoms. The molecule has 1 fully saturated rings. The number of hydrogen-bond donors (Lipinski definition) is 2. The Morgan fingerprint density at radius 2 is 2.13 bits per heavy atom. The van der Waals surface area contributed by atoms with Crippen molar-refractivity contribution in [1.82, 2.24) is 4.98 Å². The van der Waals surface area contributed by atoms with Gasteiger partial charge in [0, 0.05) is 31.0 Å². The zero-order valence-electron chi connectivity index (χ0n) is 16.4. The molecule has 4 rings (SSSR count). The summed E-state index contributed by atoms with van der Waals surface area (Å²) in [5.41, 5.74) is 3.39. The van der Waals surface area contributed by atoms with Gasteiger partial charge in [-0.2, -0.15) is 5.26 Å². The zero-order chi connectivity index (χ0) is 22.4. The minimum Gasteiger partial charge on any atom is -0.418 e. The van der Waals surface area contributed by atoms with E-state index in [0.717, 1.165) is 18.9 Å². The monoisotopic (exact) mass is 426 g/mol. The summed E-state index contributed by atoms with van der Waals surface area (Å²) in [6, 6.07) is 5.59. The number of nitrogens with two attached hydrogens (primary N) is 1. The van der Waals surface area contributed by atoms with Crippen molar-refractivity contribution in [3.8, 4) is 17.9 Å². The number of carbonyl (C=O) groups excluding carboxylic acids is 1. The fourth-order valence-electron chi connectivity index (χ4n) is 3.44. The number of nitrogens with zero attached hydrogens (tertiary/aromatic N) is 2. The minimum atomic E-state index is -3.59. The molecule has 1 atom stereocenters. The minimum absolute atomic E-state index is 0.0000587. The standard InChI is InChI=1S/C22H17F3N4O2/c1-21(24,25)22(6-4-12-2-3-12)16-10-17(23)14(9-18(16)29-20(30)31-22)8-13-5-7-28-19(27)15(13)11-26/h5,7,9-10,12H,2-3,8H2,1H3,(H2,27,28)(H,29,30)/t22-/m0/s1. The van der Waals surface area contributed by atoms with Gasteiger partial charge in [0.15, 0.2) is 0 Å². The van der Waals surface area contributed by atoms with Gasteiger partial charge in [-0.1, -0.05) is 5.92 Å². The third-order valence-electron chi connectivity index (χ3n) is 5.26. The number of hydrogen-bond acceptors (Lipinski definition) is 5. The fraction of sp³-hybridized carbons (Fsp3) is 0.318. The zero-order valence-corrected chi connectivity index (χ0v) is 16.4. The number of pyridine rings is 1. The lowest BCUT2D eigenvalue weighted by molar-refractivity contribution is -0.142. The summed E-state index contributed by atoms with van der Waals surface area (Å²) in [5.74, 6) is 0.704. The maximum absolute atomic E-state index is 15.0. The van der Waals surface area contributed by atoms with E-state index in [-0.39, 0.29) is 40.5 Å². The van der Waals surface area contributed by atoms with Crippen LogP contribution in [0.4, 0.5) is 29.5 Å². The van der Waals surface area contributed by atoms with Gasteiger partial charge in [0.2, 0.25) is 0 Å². The quantitative estimate of drug-likeness (QED) is 0.720. The van der Waals surface area contributed by atoms with Crippen LogP contribution in [0.25, 0.3) is 0 Å². The van der Waals surface area contributed by atoms with E-state index >= 15 is 4.39 Å². The molecule has 1 aromatic heterocycles. The summed E-state index contributed by atoms with van der Waals surface area (Å²) >= 11 is 0. The van der Waals surface area contributed by atoms with Crippen LogP contribution in [0.2, 0.25) is 0 Å². The molecular formula is C22H17F3N4O2. The van der Waals surface area contributed by atoms with E-state index in [1.165, 1.54) is 18.3 Å². The number of benzene rings is 1. The Labute approximate surface area is 176 Å². The molecule has 2 aliphatic rings. The lowest BCUT2D eigenvalue weighted by atomic mass is 9.84. The molecular weight excluding hydrogens is 409 g/mol. The van der Waals surface area contributed by atoms with E-state index in [4.69, 9.17) is 10.5 Å². The van der Waals surface area contributed by atoms with E-state index < -0.39 is 23.4 Å². The number of ether oxygens (including phenoxy) is 1.